The molecule has 0 heterocycles. The van der Waals surface area contributed by atoms with E-state index in [1.165, 1.54) is 12.1 Å². The van der Waals surface area contributed by atoms with E-state index in [1.54, 1.807) is 0 Å². The fraction of sp³-hybridized carbons (Fsp3) is 0.417. The molecule has 1 rings (SSSR count). The molecule has 0 spiro atoms. The summed E-state index contributed by atoms with van der Waals surface area (Å²) in [6, 6.07) is 3.53. The average molecular weight is 241 g/mol. The second-order valence-electron chi connectivity index (χ2n) is 3.74. The van der Waals surface area contributed by atoms with Crippen molar-refractivity contribution in [3.05, 3.63) is 24.0 Å². The molecule has 0 aliphatic rings. The van der Waals surface area contributed by atoms with Crippen LogP contribution < -0.4 is 5.32 Å². The van der Waals surface area contributed by atoms with Gasteiger partial charge in [-0.1, -0.05) is 6.92 Å². The molecule has 2 N–H and O–H groups in total. The van der Waals surface area contributed by atoms with Crippen molar-refractivity contribution in [1.29, 1.82) is 0 Å². The van der Waals surface area contributed by atoms with Gasteiger partial charge in [-0.15, -0.1) is 0 Å². The Hall–Kier alpha value is -1.62. The van der Waals surface area contributed by atoms with E-state index in [1.807, 2.05) is 13.8 Å². The van der Waals surface area contributed by atoms with Gasteiger partial charge in [0.05, 0.1) is 11.8 Å². The van der Waals surface area contributed by atoms with Crippen LogP contribution in [-0.2, 0) is 9.53 Å². The molecule has 0 bridgehead atoms. The molecule has 4 nitrogen and oxygen atoms in total. The van der Waals surface area contributed by atoms with Crippen LogP contribution in [0.3, 0.4) is 0 Å². The standard InChI is InChI=1S/C12H16FNO3/c1-3-8(2)17-7-12(16)14-11-5-4-9(15)6-10(11)13/h4-6,8,15H,3,7H2,1-2H3,(H,14,16)/t8-/m1/s1. The molecule has 1 atom stereocenters. The first kappa shape index (κ1) is 13.4. The number of carbonyl (C=O) groups is 1. The molecule has 1 aromatic carbocycles. The van der Waals surface area contributed by atoms with Crippen LogP contribution in [0.25, 0.3) is 0 Å². The second kappa shape index (κ2) is 6.20. The molecule has 0 saturated heterocycles. The van der Waals surface area contributed by atoms with E-state index in [9.17, 15) is 9.18 Å². The van der Waals surface area contributed by atoms with E-state index in [0.29, 0.717) is 0 Å². The number of phenolic OH excluding ortho intramolecular Hbond substituents is 1. The first-order chi connectivity index (χ1) is 8.02. The number of aromatic hydroxyl groups is 1. The molecule has 1 aromatic rings. The van der Waals surface area contributed by atoms with Gasteiger partial charge in [0.15, 0.2) is 0 Å². The minimum Gasteiger partial charge on any atom is -0.508 e. The molecule has 0 aliphatic carbocycles. The Bertz CT molecular complexity index is 395. The lowest BCUT2D eigenvalue weighted by Crippen LogP contribution is -2.22. The summed E-state index contributed by atoms with van der Waals surface area (Å²) >= 11 is 0. The van der Waals surface area contributed by atoms with Gasteiger partial charge in [-0.3, -0.25) is 4.79 Å². The van der Waals surface area contributed by atoms with Gasteiger partial charge < -0.3 is 15.2 Å². The number of rotatable bonds is 5. The van der Waals surface area contributed by atoms with E-state index < -0.39 is 11.7 Å². The molecule has 0 fully saturated rings. The largest absolute Gasteiger partial charge is 0.508 e. The van der Waals surface area contributed by atoms with Crippen LogP contribution in [0.4, 0.5) is 10.1 Å². The maximum atomic E-state index is 13.3. The monoisotopic (exact) mass is 241 g/mol. The second-order valence-corrected chi connectivity index (χ2v) is 3.74. The Morgan fingerprint density at radius 1 is 1.59 bits per heavy atom. The average Bonchev–Trinajstić information content (AvgIpc) is 2.29. The minimum atomic E-state index is -0.679. The molecule has 1 amide bonds. The van der Waals surface area contributed by atoms with Crippen molar-refractivity contribution < 1.29 is 19.0 Å². The van der Waals surface area contributed by atoms with Gasteiger partial charge in [-0.05, 0) is 25.5 Å². The van der Waals surface area contributed by atoms with Crippen molar-refractivity contribution in [2.75, 3.05) is 11.9 Å². The number of carbonyl (C=O) groups excluding carboxylic acids is 1. The third-order valence-electron chi connectivity index (χ3n) is 2.30. The summed E-state index contributed by atoms with van der Waals surface area (Å²) in [5.41, 5.74) is 0.0283. The smallest absolute Gasteiger partial charge is 0.250 e. The molecular weight excluding hydrogens is 225 g/mol. The number of phenols is 1. The van der Waals surface area contributed by atoms with Gasteiger partial charge in [-0.25, -0.2) is 4.39 Å². The maximum Gasteiger partial charge on any atom is 0.250 e. The van der Waals surface area contributed by atoms with Crippen molar-refractivity contribution >= 4 is 11.6 Å². The van der Waals surface area contributed by atoms with Crippen molar-refractivity contribution in [3.63, 3.8) is 0 Å². The van der Waals surface area contributed by atoms with Crippen molar-refractivity contribution in [2.45, 2.75) is 26.4 Å². The number of halogens is 1. The first-order valence-corrected chi connectivity index (χ1v) is 5.43. The van der Waals surface area contributed by atoms with Gasteiger partial charge in [0.2, 0.25) is 5.91 Å². The summed E-state index contributed by atoms with van der Waals surface area (Å²) in [5.74, 6) is -1.28. The van der Waals surface area contributed by atoms with Gasteiger partial charge in [-0.2, -0.15) is 0 Å². The van der Waals surface area contributed by atoms with Crippen molar-refractivity contribution in [1.82, 2.24) is 0 Å². The zero-order chi connectivity index (χ0) is 12.8. The topological polar surface area (TPSA) is 58.6 Å². The van der Waals surface area contributed by atoms with E-state index >= 15 is 0 Å². The first-order valence-electron chi connectivity index (χ1n) is 5.43. The molecule has 0 aliphatic heterocycles. The predicted octanol–water partition coefficient (Wildman–Crippen LogP) is 2.28. The van der Waals surface area contributed by atoms with Crippen LogP contribution in [0.5, 0.6) is 5.75 Å². The van der Waals surface area contributed by atoms with E-state index in [-0.39, 0.29) is 24.1 Å². The fourth-order valence-corrected chi connectivity index (χ4v) is 1.13. The van der Waals surface area contributed by atoms with Crippen LogP contribution in [-0.4, -0.2) is 23.7 Å². The Kier molecular flexibility index (Phi) is 4.90. The molecule has 94 valence electrons. The summed E-state index contributed by atoms with van der Waals surface area (Å²) in [4.78, 5) is 11.4. The summed E-state index contributed by atoms with van der Waals surface area (Å²) in [6.07, 6.45) is 0.798. The lowest BCUT2D eigenvalue weighted by atomic mass is 10.3. The Morgan fingerprint density at radius 2 is 2.29 bits per heavy atom. The van der Waals surface area contributed by atoms with Crippen LogP contribution in [0.2, 0.25) is 0 Å². The molecule has 0 unspecified atom stereocenters. The maximum absolute atomic E-state index is 13.3. The normalized spacial score (nSPS) is 12.2. The van der Waals surface area contributed by atoms with Crippen molar-refractivity contribution in [2.24, 2.45) is 0 Å². The zero-order valence-corrected chi connectivity index (χ0v) is 9.87. The van der Waals surface area contributed by atoms with Gasteiger partial charge in [0.25, 0.3) is 0 Å². The predicted molar refractivity (Wildman–Crippen MR) is 62.4 cm³/mol. The highest BCUT2D eigenvalue weighted by Gasteiger charge is 2.09. The third kappa shape index (κ3) is 4.40. The summed E-state index contributed by atoms with van der Waals surface area (Å²) in [5, 5.41) is 11.4. The van der Waals surface area contributed by atoms with E-state index in [4.69, 9.17) is 9.84 Å². The number of hydrogen-bond acceptors (Lipinski definition) is 3. The number of nitrogens with one attached hydrogen (secondary N) is 1. The molecule has 0 aromatic heterocycles. The molecule has 17 heavy (non-hydrogen) atoms. The van der Waals surface area contributed by atoms with Gasteiger partial charge >= 0.3 is 0 Å². The Morgan fingerprint density at radius 3 is 2.88 bits per heavy atom. The number of hydrogen-bond donors (Lipinski definition) is 2. The van der Waals surface area contributed by atoms with Crippen LogP contribution >= 0.6 is 0 Å². The number of amides is 1. The number of ether oxygens (including phenoxy) is 1. The molecule has 5 heteroatoms. The van der Waals surface area contributed by atoms with Crippen LogP contribution in [0, 0.1) is 5.82 Å². The van der Waals surface area contributed by atoms with E-state index in [0.717, 1.165) is 12.5 Å². The highest BCUT2D eigenvalue weighted by Crippen LogP contribution is 2.19. The van der Waals surface area contributed by atoms with Crippen LogP contribution in [0.1, 0.15) is 20.3 Å². The number of benzene rings is 1. The zero-order valence-electron chi connectivity index (χ0n) is 9.87. The Balaban J connectivity index is 2.50. The number of anilines is 1. The van der Waals surface area contributed by atoms with E-state index in [2.05, 4.69) is 5.32 Å². The molecule has 0 radical (unpaired) electrons. The quantitative estimate of drug-likeness (QED) is 0.777. The van der Waals surface area contributed by atoms with Gasteiger partial charge in [0.1, 0.15) is 18.2 Å². The van der Waals surface area contributed by atoms with Gasteiger partial charge in [0, 0.05) is 6.07 Å². The molecular formula is C12H16FNO3. The Labute approximate surface area is 99.4 Å². The highest BCUT2D eigenvalue weighted by atomic mass is 19.1. The third-order valence-corrected chi connectivity index (χ3v) is 2.30. The lowest BCUT2D eigenvalue weighted by molar-refractivity contribution is -0.122. The minimum absolute atomic E-state index is 0.00888. The van der Waals surface area contributed by atoms with Crippen LogP contribution in [0.15, 0.2) is 18.2 Å². The lowest BCUT2D eigenvalue weighted by Gasteiger charge is -2.11. The van der Waals surface area contributed by atoms with Crippen molar-refractivity contribution in [3.8, 4) is 5.75 Å². The SMILES string of the molecule is CC[C@@H](C)OCC(=O)Nc1ccc(O)cc1F. The summed E-state index contributed by atoms with van der Waals surface area (Å²) < 4.78 is 18.5. The molecule has 0 saturated carbocycles. The highest BCUT2D eigenvalue weighted by molar-refractivity contribution is 5.91. The summed E-state index contributed by atoms with van der Waals surface area (Å²) in [7, 11) is 0. The summed E-state index contributed by atoms with van der Waals surface area (Å²) in [6.45, 7) is 3.69. The fourth-order valence-electron chi connectivity index (χ4n) is 1.13.